The molecule has 6 nitrogen and oxygen atoms in total. The first-order valence-electron chi connectivity index (χ1n) is 16.3. The van der Waals surface area contributed by atoms with E-state index >= 15 is 0 Å². The average molecular weight is 759 g/mol. The Morgan fingerprint density at radius 2 is 1.55 bits per heavy atom. The number of benzene rings is 4. The van der Waals surface area contributed by atoms with Crippen molar-refractivity contribution in [2.45, 2.75) is 49.9 Å². The number of rotatable bonds is 8. The Labute approximate surface area is 311 Å². The van der Waals surface area contributed by atoms with Gasteiger partial charge >= 0.3 is 0 Å². The van der Waals surface area contributed by atoms with Crippen LogP contribution in [0.4, 0.5) is 13.2 Å². The molecule has 270 valence electrons. The number of aryl methyl sites for hydroxylation is 1. The van der Waals surface area contributed by atoms with Crippen LogP contribution < -0.4 is 15.4 Å². The van der Waals surface area contributed by atoms with Crippen molar-refractivity contribution < 1.29 is 27.6 Å². The van der Waals surface area contributed by atoms with Gasteiger partial charge in [-0.1, -0.05) is 72.6 Å². The topological polar surface area (TPSA) is 74.6 Å². The molecule has 0 bridgehead atoms. The Bertz CT molecular complexity index is 1890. The van der Waals surface area contributed by atoms with Crippen molar-refractivity contribution in [1.82, 2.24) is 9.55 Å². The molecule has 6 rings (SSSR count). The van der Waals surface area contributed by atoms with Crippen molar-refractivity contribution in [3.63, 3.8) is 0 Å². The van der Waals surface area contributed by atoms with Gasteiger partial charge in [-0.15, -0.1) is 0 Å². The summed E-state index contributed by atoms with van der Waals surface area (Å²) in [6, 6.07) is 20.4. The van der Waals surface area contributed by atoms with Gasteiger partial charge in [-0.2, -0.15) is 0 Å². The third-order valence-electron chi connectivity index (χ3n) is 8.57. The van der Waals surface area contributed by atoms with E-state index in [4.69, 9.17) is 33.7 Å². The predicted octanol–water partition coefficient (Wildman–Crippen LogP) is 8.61. The second-order valence-electron chi connectivity index (χ2n) is 12.7. The Morgan fingerprint density at radius 3 is 2.06 bits per heavy atom. The number of imidazole rings is 1. The normalized spacial score (nSPS) is 12.8. The van der Waals surface area contributed by atoms with Gasteiger partial charge in [0.25, 0.3) is 0 Å². The summed E-state index contributed by atoms with van der Waals surface area (Å²) < 4.78 is 47.9. The number of quaternary nitrogens is 1. The fourth-order valence-corrected chi connectivity index (χ4v) is 7.02. The number of primary amides is 1. The molecule has 1 fully saturated rings. The van der Waals surface area contributed by atoms with Crippen molar-refractivity contribution in [2.24, 2.45) is 5.73 Å². The van der Waals surface area contributed by atoms with Crippen molar-refractivity contribution in [2.75, 3.05) is 27.2 Å². The van der Waals surface area contributed by atoms with Gasteiger partial charge in [0.15, 0.2) is 5.16 Å². The van der Waals surface area contributed by atoms with Crippen molar-refractivity contribution in [3.8, 4) is 11.4 Å². The molecule has 51 heavy (non-hydrogen) atoms. The lowest BCUT2D eigenvalue weighted by Gasteiger charge is -2.28. The zero-order chi connectivity index (χ0) is 37.3. The highest BCUT2D eigenvalue weighted by Crippen LogP contribution is 2.39. The van der Waals surface area contributed by atoms with Crippen LogP contribution in [0.3, 0.4) is 0 Å². The van der Waals surface area contributed by atoms with Gasteiger partial charge in [-0.3, -0.25) is 9.36 Å². The number of aromatic nitrogens is 2. The number of hydrogen-bond donors (Lipinski definition) is 2. The zero-order valence-corrected chi connectivity index (χ0v) is 31.5. The second kappa shape index (κ2) is 18.0. The number of nitrogens with two attached hydrogens (primary N) is 1. The summed E-state index contributed by atoms with van der Waals surface area (Å²) in [4.78, 5) is 17.8. The van der Waals surface area contributed by atoms with Crippen LogP contribution in [0.15, 0.2) is 90.2 Å². The molecule has 0 unspecified atom stereocenters. The summed E-state index contributed by atoms with van der Waals surface area (Å²) in [5, 5.41) is 1.13. The van der Waals surface area contributed by atoms with E-state index in [1.165, 1.54) is 68.0 Å². The van der Waals surface area contributed by atoms with E-state index in [2.05, 4.69) is 12.0 Å². The van der Waals surface area contributed by atoms with Gasteiger partial charge in [0.2, 0.25) is 5.91 Å². The Hall–Kier alpha value is -3.96. The lowest BCUT2D eigenvalue weighted by molar-refractivity contribution is -0.866. The molecular formula is C39H42Cl2F3N4O2S+. The maximum Gasteiger partial charge on any atom is 0.248 e. The summed E-state index contributed by atoms with van der Waals surface area (Å²) in [6.45, 7) is 8.79. The quantitative estimate of drug-likeness (QED) is 0.156. The summed E-state index contributed by atoms with van der Waals surface area (Å²) in [5.74, 6) is -1.27. The third kappa shape index (κ3) is 10.5. The molecule has 1 amide bonds. The molecular weight excluding hydrogens is 716 g/mol. The fraction of sp³-hybridized carbons (Fsp3) is 0.282. The molecule has 1 aromatic heterocycles. The van der Waals surface area contributed by atoms with Crippen molar-refractivity contribution in [1.29, 1.82) is 0 Å². The molecule has 3 N–H and O–H groups in total. The number of ether oxygens (including phenoxy) is 1. The first-order valence-corrected chi connectivity index (χ1v) is 18.1. The fourth-order valence-electron chi connectivity index (χ4n) is 5.45. The molecule has 1 aliphatic heterocycles. The van der Waals surface area contributed by atoms with E-state index in [0.717, 1.165) is 22.9 Å². The maximum atomic E-state index is 14.8. The summed E-state index contributed by atoms with van der Waals surface area (Å²) in [5.41, 5.74) is 8.38. The third-order valence-corrected chi connectivity index (χ3v) is 10.2. The van der Waals surface area contributed by atoms with Gasteiger partial charge in [0.05, 0.1) is 44.2 Å². The van der Waals surface area contributed by atoms with Gasteiger partial charge < -0.3 is 15.4 Å². The molecule has 5 aromatic rings. The lowest BCUT2D eigenvalue weighted by atomic mass is 9.81. The maximum absolute atomic E-state index is 14.8. The van der Waals surface area contributed by atoms with E-state index in [1.54, 1.807) is 48.5 Å². The Kier molecular flexibility index (Phi) is 14.1. The smallest absolute Gasteiger partial charge is 0.248 e. The van der Waals surface area contributed by atoms with Crippen LogP contribution in [0.1, 0.15) is 59.4 Å². The minimum atomic E-state index is -0.766. The van der Waals surface area contributed by atoms with Crippen LogP contribution in [0, 0.1) is 24.4 Å². The highest BCUT2D eigenvalue weighted by Gasteiger charge is 2.30. The standard InChI is InChI=1S/C27H23Cl2F2N3O2S.C7H7F.C5H11N/c1-27(2,16-4-9-20(28)23(12-16)36-3)24-13-33-26(34(24)18-7-5-17(30)6-8-18)37-14-19-21(29)10-15(25(32)35)11-22(19)31;1-6-2-4-7(8)5-3-6;1-6-4-2-3-5-6/h4-13H,14H2,1-3H3,(H2,32,35);2-5H,1H3;2-5H2,1H3/p+1. The number of thioether (sulfide) groups is 1. The van der Waals surface area contributed by atoms with Crippen LogP contribution in [-0.2, 0) is 11.2 Å². The summed E-state index contributed by atoms with van der Waals surface area (Å²) in [6.07, 6.45) is 4.64. The predicted molar refractivity (Wildman–Crippen MR) is 200 cm³/mol. The van der Waals surface area contributed by atoms with Gasteiger partial charge in [0, 0.05) is 45.8 Å². The van der Waals surface area contributed by atoms with Crippen molar-refractivity contribution >= 4 is 40.9 Å². The van der Waals surface area contributed by atoms with E-state index in [9.17, 15) is 18.0 Å². The molecule has 0 spiro atoms. The van der Waals surface area contributed by atoms with E-state index in [1.807, 2.05) is 37.5 Å². The molecule has 1 aliphatic rings. The molecule has 0 atom stereocenters. The van der Waals surface area contributed by atoms with Crippen LogP contribution in [-0.4, -0.2) is 42.7 Å². The first-order chi connectivity index (χ1) is 24.2. The van der Waals surface area contributed by atoms with Crippen LogP contribution >= 0.6 is 35.0 Å². The summed E-state index contributed by atoms with van der Waals surface area (Å²) >= 11 is 13.8. The number of carbonyl (C=O) groups excluding carboxylic acids is 1. The lowest BCUT2D eigenvalue weighted by Crippen LogP contribution is -3.06. The minimum absolute atomic E-state index is 0.00788. The largest absolute Gasteiger partial charge is 0.495 e. The highest BCUT2D eigenvalue weighted by molar-refractivity contribution is 7.98. The highest BCUT2D eigenvalue weighted by atomic mass is 35.5. The number of nitrogens with one attached hydrogen (secondary N) is 1. The van der Waals surface area contributed by atoms with E-state index in [0.29, 0.717) is 21.6 Å². The number of carbonyl (C=O) groups is 1. The number of hydrogen-bond acceptors (Lipinski definition) is 4. The molecule has 2 heterocycles. The number of nitrogens with zero attached hydrogens (tertiary/aromatic N) is 2. The second-order valence-corrected chi connectivity index (χ2v) is 14.5. The number of likely N-dealkylation sites (tertiary alicyclic amines) is 1. The molecule has 12 heteroatoms. The van der Waals surface area contributed by atoms with Crippen molar-refractivity contribution in [3.05, 3.63) is 141 Å². The zero-order valence-electron chi connectivity index (χ0n) is 29.2. The average Bonchev–Trinajstić information content (AvgIpc) is 3.76. The Balaban J connectivity index is 0.000000343. The van der Waals surface area contributed by atoms with E-state index in [-0.39, 0.29) is 33.5 Å². The first kappa shape index (κ1) is 39.8. The SMILES string of the molecule is COc1cc(C(C)(C)c2cnc(SCc3c(F)cc(C(N)=O)cc3Cl)n2-c2ccc(F)cc2)ccc1Cl.C[NH+]1CCCC1.Cc1ccc(F)cc1. The number of amides is 1. The molecule has 1 saturated heterocycles. The number of methoxy groups -OCH3 is 1. The molecule has 0 radical (unpaired) electrons. The van der Waals surface area contributed by atoms with Gasteiger partial charge in [-0.25, -0.2) is 18.2 Å². The minimum Gasteiger partial charge on any atom is -0.495 e. The van der Waals surface area contributed by atoms with Crippen LogP contribution in [0.5, 0.6) is 5.75 Å². The number of halogens is 5. The van der Waals surface area contributed by atoms with Crippen LogP contribution in [0.2, 0.25) is 10.0 Å². The molecule has 0 saturated carbocycles. The van der Waals surface area contributed by atoms with Crippen LogP contribution in [0.25, 0.3) is 5.69 Å². The molecule has 4 aromatic carbocycles. The van der Waals surface area contributed by atoms with E-state index < -0.39 is 17.1 Å². The Morgan fingerprint density at radius 1 is 0.941 bits per heavy atom. The van der Waals surface area contributed by atoms with Gasteiger partial charge in [0.1, 0.15) is 23.2 Å². The monoisotopic (exact) mass is 757 g/mol. The molecule has 0 aliphatic carbocycles. The summed E-state index contributed by atoms with van der Waals surface area (Å²) in [7, 11) is 3.81. The van der Waals surface area contributed by atoms with Gasteiger partial charge in [-0.05, 0) is 73.2 Å².